The molecule has 0 bridgehead atoms. The molecule has 1 aromatic carbocycles. The third-order valence-electron chi connectivity index (χ3n) is 3.25. The minimum Gasteiger partial charge on any atom is -0.264 e. The molecule has 2 heteroatoms. The van der Waals surface area contributed by atoms with E-state index < -0.39 is 0 Å². The summed E-state index contributed by atoms with van der Waals surface area (Å²) in [5.41, 5.74) is 2.34. The van der Waals surface area contributed by atoms with E-state index in [4.69, 9.17) is 5.32 Å². The Morgan fingerprint density at radius 2 is 1.69 bits per heavy atom. The van der Waals surface area contributed by atoms with Gasteiger partial charge in [-0.25, -0.2) is 5.32 Å². The molecule has 0 spiro atoms. The summed E-state index contributed by atoms with van der Waals surface area (Å²) in [4.78, 5) is 4.20. The Morgan fingerprint density at radius 3 is 2.25 bits per heavy atom. The summed E-state index contributed by atoms with van der Waals surface area (Å²) in [5, 5.41) is 4.70. The fourth-order valence-electron chi connectivity index (χ4n) is 2.29. The van der Waals surface area contributed by atoms with Crippen LogP contribution in [0.25, 0.3) is 0 Å². The highest BCUT2D eigenvalue weighted by Crippen LogP contribution is 2.39. The summed E-state index contributed by atoms with van der Waals surface area (Å²) >= 11 is 0. The summed E-state index contributed by atoms with van der Waals surface area (Å²) in [7, 11) is 0. The Labute approximate surface area is 95.3 Å². The lowest BCUT2D eigenvalue weighted by atomic mass is 9.76. The molecule has 1 radical (unpaired) electrons. The van der Waals surface area contributed by atoms with Crippen molar-refractivity contribution >= 4 is 0 Å². The van der Waals surface area contributed by atoms with Crippen LogP contribution >= 0.6 is 0 Å². The smallest absolute Gasteiger partial charge is 0.0882 e. The third kappa shape index (κ3) is 1.34. The number of hydrogen-bond acceptors (Lipinski definition) is 1. The van der Waals surface area contributed by atoms with Crippen molar-refractivity contribution in [3.8, 4) is 0 Å². The highest BCUT2D eigenvalue weighted by atomic mass is 15.1. The lowest BCUT2D eigenvalue weighted by Crippen LogP contribution is -2.49. The predicted octanol–water partition coefficient (Wildman–Crippen LogP) is 2.33. The van der Waals surface area contributed by atoms with Gasteiger partial charge in [0.05, 0.1) is 5.54 Å². The van der Waals surface area contributed by atoms with E-state index in [0.717, 1.165) is 13.0 Å². The molecular formula is C14H13N2. The molecule has 79 valence electrons. The van der Waals surface area contributed by atoms with Gasteiger partial charge in [0.1, 0.15) is 0 Å². The maximum Gasteiger partial charge on any atom is 0.0882 e. The molecule has 1 unspecified atom stereocenters. The van der Waals surface area contributed by atoms with Crippen molar-refractivity contribution in [2.75, 3.05) is 6.54 Å². The second kappa shape index (κ2) is 3.72. The highest BCUT2D eigenvalue weighted by Gasteiger charge is 2.41. The van der Waals surface area contributed by atoms with Crippen LogP contribution in [-0.2, 0) is 5.54 Å². The van der Waals surface area contributed by atoms with Gasteiger partial charge in [-0.2, -0.15) is 0 Å². The molecule has 1 atom stereocenters. The van der Waals surface area contributed by atoms with Gasteiger partial charge in [-0.1, -0.05) is 36.4 Å². The zero-order chi connectivity index (χ0) is 10.8. The summed E-state index contributed by atoms with van der Waals surface area (Å²) < 4.78 is 0. The van der Waals surface area contributed by atoms with Crippen molar-refractivity contribution in [2.45, 2.75) is 12.0 Å². The molecular weight excluding hydrogens is 196 g/mol. The van der Waals surface area contributed by atoms with Crippen LogP contribution in [0.1, 0.15) is 17.5 Å². The van der Waals surface area contributed by atoms with Crippen molar-refractivity contribution < 1.29 is 0 Å². The first-order valence-corrected chi connectivity index (χ1v) is 5.56. The van der Waals surface area contributed by atoms with Gasteiger partial charge in [-0.15, -0.1) is 0 Å². The van der Waals surface area contributed by atoms with Gasteiger partial charge in [-0.05, 0) is 23.6 Å². The van der Waals surface area contributed by atoms with E-state index in [2.05, 4.69) is 35.3 Å². The van der Waals surface area contributed by atoms with Gasteiger partial charge < -0.3 is 0 Å². The summed E-state index contributed by atoms with van der Waals surface area (Å²) in [6.45, 7) is 0.948. The van der Waals surface area contributed by atoms with Crippen molar-refractivity contribution in [2.24, 2.45) is 0 Å². The first kappa shape index (κ1) is 9.55. The monoisotopic (exact) mass is 209 g/mol. The fraction of sp³-hybridized carbons (Fsp3) is 0.214. The fourth-order valence-corrected chi connectivity index (χ4v) is 2.29. The number of pyridine rings is 1. The topological polar surface area (TPSA) is 27.0 Å². The van der Waals surface area contributed by atoms with Crippen molar-refractivity contribution in [3.63, 3.8) is 0 Å². The van der Waals surface area contributed by atoms with Crippen LogP contribution in [0.3, 0.4) is 0 Å². The van der Waals surface area contributed by atoms with Gasteiger partial charge in [0.2, 0.25) is 0 Å². The van der Waals surface area contributed by atoms with Gasteiger partial charge in [0.15, 0.2) is 0 Å². The van der Waals surface area contributed by atoms with E-state index >= 15 is 0 Å². The van der Waals surface area contributed by atoms with Crippen LogP contribution in [0.2, 0.25) is 0 Å². The van der Waals surface area contributed by atoms with Gasteiger partial charge in [0, 0.05) is 18.9 Å². The average Bonchev–Trinajstić information content (AvgIpc) is 2.31. The maximum atomic E-state index is 4.70. The molecule has 0 amide bonds. The first-order valence-electron chi connectivity index (χ1n) is 5.56. The van der Waals surface area contributed by atoms with Crippen LogP contribution in [-0.4, -0.2) is 11.5 Å². The maximum absolute atomic E-state index is 4.70. The lowest BCUT2D eigenvalue weighted by Gasteiger charge is -2.42. The molecule has 3 rings (SSSR count). The average molecular weight is 209 g/mol. The highest BCUT2D eigenvalue weighted by molar-refractivity contribution is 5.39. The van der Waals surface area contributed by atoms with E-state index in [1.165, 1.54) is 11.1 Å². The van der Waals surface area contributed by atoms with Gasteiger partial charge in [-0.3, -0.25) is 4.98 Å². The largest absolute Gasteiger partial charge is 0.264 e. The number of aromatic nitrogens is 1. The zero-order valence-electron chi connectivity index (χ0n) is 9.00. The molecule has 2 heterocycles. The second-order valence-electron chi connectivity index (χ2n) is 4.10. The molecule has 1 aliphatic rings. The molecule has 2 nitrogen and oxygen atoms in total. The summed E-state index contributed by atoms with van der Waals surface area (Å²) in [5.74, 6) is 0. The van der Waals surface area contributed by atoms with E-state index in [1.54, 1.807) is 6.20 Å². The zero-order valence-corrected chi connectivity index (χ0v) is 9.00. The predicted molar refractivity (Wildman–Crippen MR) is 63.1 cm³/mol. The van der Waals surface area contributed by atoms with E-state index in [9.17, 15) is 0 Å². The van der Waals surface area contributed by atoms with Crippen LogP contribution in [0.5, 0.6) is 0 Å². The normalized spacial score (nSPS) is 23.8. The molecule has 0 aliphatic carbocycles. The SMILES string of the molecule is c1ccc(C2(c3cccnc3)CC[N]2)cc1. The molecule has 0 saturated carbocycles. The Morgan fingerprint density at radius 1 is 0.938 bits per heavy atom. The quantitative estimate of drug-likeness (QED) is 0.745. The van der Waals surface area contributed by atoms with Crippen molar-refractivity contribution in [3.05, 3.63) is 66.0 Å². The molecule has 0 N–H and O–H groups in total. The van der Waals surface area contributed by atoms with E-state index in [0.29, 0.717) is 0 Å². The number of nitrogens with zero attached hydrogens (tertiary/aromatic N) is 2. The van der Waals surface area contributed by atoms with E-state index in [-0.39, 0.29) is 5.54 Å². The third-order valence-corrected chi connectivity index (χ3v) is 3.25. The van der Waals surface area contributed by atoms with E-state index in [1.807, 2.05) is 18.3 Å². The van der Waals surface area contributed by atoms with Crippen LogP contribution in [0.15, 0.2) is 54.9 Å². The van der Waals surface area contributed by atoms with Crippen molar-refractivity contribution in [1.82, 2.24) is 10.3 Å². The van der Waals surface area contributed by atoms with Crippen LogP contribution < -0.4 is 5.32 Å². The minimum atomic E-state index is -0.129. The number of hydrogen-bond donors (Lipinski definition) is 0. The Balaban J connectivity index is 2.08. The first-order chi connectivity index (χ1) is 7.92. The molecule has 1 saturated heterocycles. The number of rotatable bonds is 2. The van der Waals surface area contributed by atoms with Crippen LogP contribution in [0, 0.1) is 0 Å². The molecule has 1 aliphatic heterocycles. The standard InChI is InChI=1S/C14H13N2/c1-2-5-12(6-3-1)14(8-10-16-14)13-7-4-9-15-11-13/h1-7,9,11H,8,10H2. The van der Waals surface area contributed by atoms with Gasteiger partial charge >= 0.3 is 0 Å². The lowest BCUT2D eigenvalue weighted by molar-refractivity contribution is 0.255. The molecule has 1 aromatic heterocycles. The minimum absolute atomic E-state index is 0.129. The summed E-state index contributed by atoms with van der Waals surface area (Å²) in [6.07, 6.45) is 4.82. The Bertz CT molecular complexity index is 419. The van der Waals surface area contributed by atoms with Crippen LogP contribution in [0.4, 0.5) is 0 Å². The summed E-state index contributed by atoms with van der Waals surface area (Å²) in [6, 6.07) is 14.6. The Hall–Kier alpha value is -1.67. The Kier molecular flexibility index (Phi) is 2.22. The van der Waals surface area contributed by atoms with Crippen molar-refractivity contribution in [1.29, 1.82) is 0 Å². The molecule has 2 aromatic rings. The second-order valence-corrected chi connectivity index (χ2v) is 4.10. The number of benzene rings is 1. The molecule has 1 fully saturated rings. The van der Waals surface area contributed by atoms with Gasteiger partial charge in [0.25, 0.3) is 0 Å². The molecule has 16 heavy (non-hydrogen) atoms.